The molecule has 1 heterocycles. The summed E-state index contributed by atoms with van der Waals surface area (Å²) in [5.41, 5.74) is 2.67. The van der Waals surface area contributed by atoms with Crippen LogP contribution >= 0.6 is 11.6 Å². The summed E-state index contributed by atoms with van der Waals surface area (Å²) in [6.45, 7) is 8.75. The van der Waals surface area contributed by atoms with Gasteiger partial charge in [0.15, 0.2) is 6.61 Å². The highest BCUT2D eigenvalue weighted by Gasteiger charge is 2.23. The monoisotopic (exact) mass is 443 g/mol. The first-order valence-corrected chi connectivity index (χ1v) is 11.0. The molecule has 0 bridgehead atoms. The molecular weight excluding hydrogens is 414 g/mol. The van der Waals surface area contributed by atoms with E-state index >= 15 is 0 Å². The van der Waals surface area contributed by atoms with Gasteiger partial charge in [-0.25, -0.2) is 0 Å². The number of nitrogens with one attached hydrogen (secondary N) is 1. The average molecular weight is 444 g/mol. The van der Waals surface area contributed by atoms with Gasteiger partial charge >= 0.3 is 0 Å². The van der Waals surface area contributed by atoms with Crippen molar-refractivity contribution in [1.29, 1.82) is 0 Å². The number of hydrogen-bond donors (Lipinski definition) is 1. The number of rotatable bonds is 7. The van der Waals surface area contributed by atoms with Crippen molar-refractivity contribution in [3.8, 4) is 5.75 Å². The molecule has 2 aromatic carbocycles. The smallest absolute Gasteiger partial charge is 0.262 e. The Bertz CT molecular complexity index is 907. The number of anilines is 2. The van der Waals surface area contributed by atoms with Crippen molar-refractivity contribution in [3.05, 3.63) is 53.1 Å². The zero-order chi connectivity index (χ0) is 22.4. The van der Waals surface area contributed by atoms with E-state index in [4.69, 9.17) is 16.3 Å². The lowest BCUT2D eigenvalue weighted by Crippen LogP contribution is -2.49. The summed E-state index contributed by atoms with van der Waals surface area (Å²) in [5.74, 6) is 0.947. The molecule has 3 rings (SSSR count). The molecule has 1 saturated heterocycles. The molecule has 0 unspecified atom stereocenters. The topological polar surface area (TPSA) is 61.9 Å². The molecule has 2 amide bonds. The molecule has 1 aliphatic heterocycles. The first-order valence-electron chi connectivity index (χ1n) is 10.6. The number of piperazine rings is 1. The lowest BCUT2D eigenvalue weighted by Gasteiger charge is -2.37. The Morgan fingerprint density at radius 1 is 1.06 bits per heavy atom. The SMILES string of the molecule is Cc1ccc(OCC(=O)Nc2cc(Cl)ccc2N2CCN(C(=O)CC(C)C)CC2)cc1. The van der Waals surface area contributed by atoms with E-state index in [1.165, 1.54) is 0 Å². The van der Waals surface area contributed by atoms with Crippen molar-refractivity contribution in [3.63, 3.8) is 0 Å². The van der Waals surface area contributed by atoms with Gasteiger partial charge in [-0.3, -0.25) is 9.59 Å². The summed E-state index contributed by atoms with van der Waals surface area (Å²) in [7, 11) is 0. The molecule has 0 spiro atoms. The van der Waals surface area contributed by atoms with Crippen molar-refractivity contribution >= 4 is 34.8 Å². The summed E-state index contributed by atoms with van der Waals surface area (Å²) < 4.78 is 5.58. The fraction of sp³-hybridized carbons (Fsp3) is 0.417. The minimum absolute atomic E-state index is 0.0908. The van der Waals surface area contributed by atoms with Crippen LogP contribution in [0.25, 0.3) is 0 Å². The van der Waals surface area contributed by atoms with E-state index in [2.05, 4.69) is 24.1 Å². The average Bonchev–Trinajstić information content (AvgIpc) is 2.73. The van der Waals surface area contributed by atoms with Crippen LogP contribution < -0.4 is 15.0 Å². The molecule has 1 fully saturated rings. The Labute approximate surface area is 189 Å². The third-order valence-corrected chi connectivity index (χ3v) is 5.41. The van der Waals surface area contributed by atoms with Crippen LogP contribution in [0.1, 0.15) is 25.8 Å². The third-order valence-electron chi connectivity index (χ3n) is 5.18. The zero-order valence-corrected chi connectivity index (χ0v) is 19.1. The predicted octanol–water partition coefficient (Wildman–Crippen LogP) is 4.36. The van der Waals surface area contributed by atoms with Gasteiger partial charge in [0.05, 0.1) is 11.4 Å². The molecule has 0 atom stereocenters. The van der Waals surface area contributed by atoms with Crippen molar-refractivity contribution in [2.75, 3.05) is 43.0 Å². The lowest BCUT2D eigenvalue weighted by atomic mass is 10.1. The molecule has 2 aromatic rings. The van der Waals surface area contributed by atoms with Crippen molar-refractivity contribution in [1.82, 2.24) is 4.90 Å². The Hall–Kier alpha value is -2.73. The molecule has 0 aliphatic carbocycles. The molecule has 31 heavy (non-hydrogen) atoms. The van der Waals surface area contributed by atoms with Crippen molar-refractivity contribution in [2.45, 2.75) is 27.2 Å². The van der Waals surface area contributed by atoms with Gasteiger partial charge in [0.25, 0.3) is 5.91 Å². The summed E-state index contributed by atoms with van der Waals surface area (Å²) >= 11 is 6.19. The maximum Gasteiger partial charge on any atom is 0.262 e. The highest BCUT2D eigenvalue weighted by Crippen LogP contribution is 2.30. The molecular formula is C24H30ClN3O3. The van der Waals surface area contributed by atoms with E-state index in [-0.39, 0.29) is 18.4 Å². The van der Waals surface area contributed by atoms with Crippen LogP contribution in [0.4, 0.5) is 11.4 Å². The first-order chi connectivity index (χ1) is 14.8. The Kier molecular flexibility index (Phi) is 7.80. The van der Waals surface area contributed by atoms with Crippen molar-refractivity contribution in [2.24, 2.45) is 5.92 Å². The number of aryl methyl sites for hydroxylation is 1. The predicted molar refractivity (Wildman–Crippen MR) is 125 cm³/mol. The first kappa shape index (κ1) is 22.9. The van der Waals surface area contributed by atoms with Gasteiger partial charge in [-0.1, -0.05) is 43.1 Å². The highest BCUT2D eigenvalue weighted by atomic mass is 35.5. The number of benzene rings is 2. The molecule has 7 heteroatoms. The lowest BCUT2D eigenvalue weighted by molar-refractivity contribution is -0.132. The number of carbonyl (C=O) groups is 2. The second-order valence-corrected chi connectivity index (χ2v) is 8.71. The van der Waals surface area contributed by atoms with E-state index in [0.29, 0.717) is 55.0 Å². The van der Waals surface area contributed by atoms with Gasteiger partial charge < -0.3 is 19.9 Å². The van der Waals surface area contributed by atoms with E-state index in [9.17, 15) is 9.59 Å². The summed E-state index contributed by atoms with van der Waals surface area (Å²) in [5, 5.41) is 3.47. The Morgan fingerprint density at radius 3 is 2.39 bits per heavy atom. The highest BCUT2D eigenvalue weighted by molar-refractivity contribution is 6.31. The van der Waals surface area contributed by atoms with Crippen LogP contribution in [0, 0.1) is 12.8 Å². The quantitative estimate of drug-likeness (QED) is 0.690. The van der Waals surface area contributed by atoms with Crippen LogP contribution in [0.5, 0.6) is 5.75 Å². The maximum absolute atomic E-state index is 12.5. The number of carbonyl (C=O) groups excluding carboxylic acids is 2. The zero-order valence-electron chi connectivity index (χ0n) is 18.4. The summed E-state index contributed by atoms with van der Waals surface area (Å²) in [6.07, 6.45) is 0.573. The van der Waals surface area contributed by atoms with Gasteiger partial charge in [0.1, 0.15) is 5.75 Å². The maximum atomic E-state index is 12.5. The van der Waals surface area contributed by atoms with E-state index in [1.54, 1.807) is 6.07 Å². The van der Waals surface area contributed by atoms with E-state index in [0.717, 1.165) is 11.3 Å². The van der Waals surface area contributed by atoms with Gasteiger partial charge in [0, 0.05) is 37.6 Å². The number of ether oxygens (including phenoxy) is 1. The van der Waals surface area contributed by atoms with Crippen LogP contribution in [-0.2, 0) is 9.59 Å². The third kappa shape index (κ3) is 6.62. The molecule has 1 aliphatic rings. The minimum atomic E-state index is -0.255. The van der Waals surface area contributed by atoms with Crippen LogP contribution in [0.15, 0.2) is 42.5 Å². The van der Waals surface area contributed by atoms with Crippen LogP contribution in [0.3, 0.4) is 0 Å². The van der Waals surface area contributed by atoms with E-state index in [1.807, 2.05) is 48.2 Å². The minimum Gasteiger partial charge on any atom is -0.484 e. The van der Waals surface area contributed by atoms with E-state index < -0.39 is 0 Å². The molecule has 1 N–H and O–H groups in total. The Balaban J connectivity index is 1.61. The second-order valence-electron chi connectivity index (χ2n) is 8.28. The van der Waals surface area contributed by atoms with Gasteiger partial charge in [-0.2, -0.15) is 0 Å². The number of halogens is 1. The molecule has 6 nitrogen and oxygen atoms in total. The van der Waals surface area contributed by atoms with Gasteiger partial charge in [-0.05, 0) is 43.2 Å². The second kappa shape index (κ2) is 10.5. The number of amides is 2. The Morgan fingerprint density at radius 2 is 1.74 bits per heavy atom. The standard InChI is InChI=1S/C24H30ClN3O3/c1-17(2)14-24(30)28-12-10-27(11-13-28)22-9-6-19(25)15-21(22)26-23(29)16-31-20-7-4-18(3)5-8-20/h4-9,15,17H,10-14,16H2,1-3H3,(H,26,29). The summed E-state index contributed by atoms with van der Waals surface area (Å²) in [4.78, 5) is 28.9. The fourth-order valence-corrected chi connectivity index (χ4v) is 3.70. The largest absolute Gasteiger partial charge is 0.484 e. The molecule has 0 saturated carbocycles. The van der Waals surface area contributed by atoms with Crippen molar-refractivity contribution < 1.29 is 14.3 Å². The fourth-order valence-electron chi connectivity index (χ4n) is 3.53. The van der Waals surface area contributed by atoms with Crippen LogP contribution in [0.2, 0.25) is 5.02 Å². The van der Waals surface area contributed by atoms with Gasteiger partial charge in [-0.15, -0.1) is 0 Å². The molecule has 0 radical (unpaired) electrons. The van der Waals surface area contributed by atoms with Gasteiger partial charge in [0.2, 0.25) is 5.91 Å². The number of nitrogens with zero attached hydrogens (tertiary/aromatic N) is 2. The number of hydrogen-bond acceptors (Lipinski definition) is 4. The summed E-state index contributed by atoms with van der Waals surface area (Å²) in [6, 6.07) is 13.0. The molecule has 0 aromatic heterocycles. The van der Waals surface area contributed by atoms with Crippen LogP contribution in [-0.4, -0.2) is 49.5 Å². The molecule has 166 valence electrons. The normalized spacial score (nSPS) is 14.0.